The van der Waals surface area contributed by atoms with E-state index < -0.39 is 0 Å². The maximum Gasteiger partial charge on any atom is 0.141 e. The summed E-state index contributed by atoms with van der Waals surface area (Å²) in [5, 5.41) is 12.0. The molecule has 0 aliphatic rings. The second-order valence-corrected chi connectivity index (χ2v) is 1.17. The zero-order valence-corrected chi connectivity index (χ0v) is 4.53. The van der Waals surface area contributed by atoms with Crippen LogP contribution in [0.4, 0.5) is 4.39 Å². The third kappa shape index (κ3) is 3.12. The average molecular weight is 125 g/mol. The Kier molecular flexibility index (Phi) is 3.88. The van der Waals surface area contributed by atoms with Crippen LogP contribution in [0.5, 0.6) is 0 Å². The van der Waals surface area contributed by atoms with E-state index in [-0.39, 0.29) is 5.82 Å². The van der Waals surface area contributed by atoms with Gasteiger partial charge in [-0.25, -0.2) is 4.39 Å². The van der Waals surface area contributed by atoms with Crippen LogP contribution >= 0.6 is 0 Å². The van der Waals surface area contributed by atoms with E-state index in [1.165, 1.54) is 18.5 Å². The van der Waals surface area contributed by atoms with Gasteiger partial charge in [0.15, 0.2) is 0 Å². The van der Waals surface area contributed by atoms with Crippen LogP contribution in [0.2, 0.25) is 0 Å². The maximum absolute atomic E-state index is 11.8. The number of hydrogen-bond acceptors (Lipinski definition) is 3. The molecule has 1 aromatic rings. The van der Waals surface area contributed by atoms with Gasteiger partial charge in [-0.15, -0.1) is 0 Å². The van der Waals surface area contributed by atoms with Crippen LogP contribution in [0, 0.1) is 16.6 Å². The van der Waals surface area contributed by atoms with Crippen LogP contribution < -0.4 is 0 Å². The molecule has 0 fully saturated rings. The van der Waals surface area contributed by atoms with E-state index in [0.717, 1.165) is 0 Å². The predicted octanol–water partition coefficient (Wildman–Crippen LogP) is 1.25. The molecule has 46 valence electrons. The Balaban J connectivity index is 0.000000291. The van der Waals surface area contributed by atoms with E-state index in [4.69, 9.17) is 10.8 Å². The molecule has 0 spiro atoms. The Hall–Kier alpha value is -1.50. The number of aromatic nitrogens is 1. The SMILES string of the molecule is Fc1cccnc1.N#N. The van der Waals surface area contributed by atoms with E-state index in [9.17, 15) is 4.39 Å². The van der Waals surface area contributed by atoms with Gasteiger partial charge in [-0.2, -0.15) is 0 Å². The molecule has 0 N–H and O–H groups in total. The van der Waals surface area contributed by atoms with Crippen molar-refractivity contribution in [1.29, 1.82) is 10.8 Å². The highest BCUT2D eigenvalue weighted by Crippen LogP contribution is 1.87. The fraction of sp³-hybridized carbons (Fsp3) is 0. The van der Waals surface area contributed by atoms with Crippen LogP contribution in [0.3, 0.4) is 0 Å². The van der Waals surface area contributed by atoms with Crippen LogP contribution in [0.25, 0.3) is 0 Å². The molecule has 0 radical (unpaired) electrons. The van der Waals surface area contributed by atoms with Gasteiger partial charge < -0.3 is 0 Å². The summed E-state index contributed by atoms with van der Waals surface area (Å²) < 4.78 is 11.8. The molecule has 0 saturated heterocycles. The minimum atomic E-state index is -0.289. The molecule has 0 aliphatic carbocycles. The molecule has 0 bridgehead atoms. The van der Waals surface area contributed by atoms with Gasteiger partial charge >= 0.3 is 0 Å². The number of halogens is 1. The highest BCUT2D eigenvalue weighted by Gasteiger charge is 1.78. The Morgan fingerprint density at radius 3 is 2.33 bits per heavy atom. The molecular weight excluding hydrogens is 121 g/mol. The molecule has 1 aromatic heterocycles. The Morgan fingerprint density at radius 2 is 2.11 bits per heavy atom. The van der Waals surface area contributed by atoms with Gasteiger partial charge in [-0.05, 0) is 12.1 Å². The van der Waals surface area contributed by atoms with Crippen molar-refractivity contribution in [2.24, 2.45) is 0 Å². The first-order valence-corrected chi connectivity index (χ1v) is 2.15. The molecule has 4 heteroatoms. The maximum atomic E-state index is 11.8. The van der Waals surface area contributed by atoms with E-state index in [2.05, 4.69) is 4.98 Å². The first-order valence-electron chi connectivity index (χ1n) is 2.15. The van der Waals surface area contributed by atoms with E-state index in [0.29, 0.717) is 0 Å². The smallest absolute Gasteiger partial charge is 0.141 e. The molecule has 0 atom stereocenters. The Morgan fingerprint density at radius 1 is 1.44 bits per heavy atom. The highest BCUT2D eigenvalue weighted by atomic mass is 19.1. The van der Waals surface area contributed by atoms with Gasteiger partial charge in [0.1, 0.15) is 5.82 Å². The lowest BCUT2D eigenvalue weighted by molar-refractivity contribution is 0.621. The molecule has 0 aliphatic heterocycles. The predicted molar refractivity (Wildman–Crippen MR) is 27.6 cm³/mol. The lowest BCUT2D eigenvalue weighted by atomic mass is 10.5. The first-order chi connectivity index (χ1) is 4.39. The number of nitrogens with zero attached hydrogens (tertiary/aromatic N) is 3. The fourth-order valence-electron chi connectivity index (χ4n) is 0.342. The third-order valence-corrected chi connectivity index (χ3v) is 0.625. The molecule has 3 nitrogen and oxygen atoms in total. The van der Waals surface area contributed by atoms with Crippen molar-refractivity contribution in [2.45, 2.75) is 0 Å². The minimum absolute atomic E-state index is 0.289. The highest BCUT2D eigenvalue weighted by molar-refractivity contribution is 4.92. The van der Waals surface area contributed by atoms with Crippen molar-refractivity contribution in [3.63, 3.8) is 0 Å². The summed E-state index contributed by atoms with van der Waals surface area (Å²) in [6.45, 7) is 0. The van der Waals surface area contributed by atoms with E-state index in [1.54, 1.807) is 6.07 Å². The minimum Gasteiger partial charge on any atom is -0.262 e. The standard InChI is InChI=1S/C5H4FN.N2/c6-5-2-1-3-7-4-5;1-2/h1-4H;. The number of pyridine rings is 1. The van der Waals surface area contributed by atoms with Gasteiger partial charge in [0.05, 0.1) is 6.20 Å². The second-order valence-electron chi connectivity index (χ2n) is 1.17. The van der Waals surface area contributed by atoms with Crippen molar-refractivity contribution < 1.29 is 4.39 Å². The van der Waals surface area contributed by atoms with Gasteiger partial charge in [0.2, 0.25) is 0 Å². The number of hydrogen-bond donors (Lipinski definition) is 0. The van der Waals surface area contributed by atoms with Gasteiger partial charge in [0.25, 0.3) is 0 Å². The normalized spacial score (nSPS) is 7.00. The fourth-order valence-corrected chi connectivity index (χ4v) is 0.342. The van der Waals surface area contributed by atoms with Gasteiger partial charge in [-0.3, -0.25) is 4.98 Å². The Bertz CT molecular complexity index is 172. The van der Waals surface area contributed by atoms with E-state index in [1.807, 2.05) is 0 Å². The van der Waals surface area contributed by atoms with Crippen LogP contribution in [-0.4, -0.2) is 4.98 Å². The summed E-state index contributed by atoms with van der Waals surface area (Å²) >= 11 is 0. The van der Waals surface area contributed by atoms with Crippen LogP contribution in [0.1, 0.15) is 0 Å². The molecule has 1 heterocycles. The summed E-state index contributed by atoms with van der Waals surface area (Å²) in [6, 6.07) is 2.91. The molecule has 0 aromatic carbocycles. The second kappa shape index (κ2) is 4.65. The third-order valence-electron chi connectivity index (χ3n) is 0.625. The molecule has 0 saturated carbocycles. The molecule has 0 unspecified atom stereocenters. The Labute approximate surface area is 51.6 Å². The van der Waals surface area contributed by atoms with Crippen molar-refractivity contribution in [3.05, 3.63) is 30.3 Å². The lowest BCUT2D eigenvalue weighted by Gasteiger charge is -1.78. The van der Waals surface area contributed by atoms with Crippen molar-refractivity contribution in [1.82, 2.24) is 4.98 Å². The topological polar surface area (TPSA) is 60.5 Å². The summed E-state index contributed by atoms with van der Waals surface area (Å²) in [4.78, 5) is 3.51. The van der Waals surface area contributed by atoms with Crippen molar-refractivity contribution >= 4 is 0 Å². The lowest BCUT2D eigenvalue weighted by Crippen LogP contribution is -1.70. The largest absolute Gasteiger partial charge is 0.262 e. The van der Waals surface area contributed by atoms with Crippen molar-refractivity contribution in [3.8, 4) is 0 Å². The number of rotatable bonds is 0. The molecule has 9 heavy (non-hydrogen) atoms. The van der Waals surface area contributed by atoms with Gasteiger partial charge in [0, 0.05) is 17.0 Å². The first kappa shape index (κ1) is 7.50. The zero-order valence-electron chi connectivity index (χ0n) is 4.53. The average Bonchev–Trinajstić information content (AvgIpc) is 1.94. The zero-order chi connectivity index (χ0) is 7.11. The van der Waals surface area contributed by atoms with Gasteiger partial charge in [-0.1, -0.05) is 0 Å². The van der Waals surface area contributed by atoms with Crippen LogP contribution in [0.15, 0.2) is 24.5 Å². The summed E-state index contributed by atoms with van der Waals surface area (Å²) in [5.74, 6) is -0.289. The quantitative estimate of drug-likeness (QED) is 0.490. The summed E-state index contributed by atoms with van der Waals surface area (Å²) in [5.41, 5.74) is 0. The molecule has 0 amide bonds. The monoisotopic (exact) mass is 125 g/mol. The van der Waals surface area contributed by atoms with Crippen molar-refractivity contribution in [2.75, 3.05) is 0 Å². The molecule has 1 rings (SSSR count). The van der Waals surface area contributed by atoms with E-state index >= 15 is 0 Å². The van der Waals surface area contributed by atoms with Crippen LogP contribution in [-0.2, 0) is 0 Å². The molecular formula is C5H4FN3. The summed E-state index contributed by atoms with van der Waals surface area (Å²) in [6.07, 6.45) is 2.70. The summed E-state index contributed by atoms with van der Waals surface area (Å²) in [7, 11) is 0.